The van der Waals surface area contributed by atoms with Crippen molar-refractivity contribution in [3.8, 4) is 0 Å². The summed E-state index contributed by atoms with van der Waals surface area (Å²) in [5.41, 5.74) is 0.712. The van der Waals surface area contributed by atoms with E-state index in [0.29, 0.717) is 23.7 Å². The average Bonchev–Trinajstić information content (AvgIpc) is 2.60. The fraction of sp³-hybridized carbons (Fsp3) is 0.556. The summed E-state index contributed by atoms with van der Waals surface area (Å²) in [5, 5.41) is 16.6. The van der Waals surface area contributed by atoms with Gasteiger partial charge in [-0.1, -0.05) is 0 Å². The molecule has 1 aromatic heterocycles. The fourth-order valence-electron chi connectivity index (χ4n) is 1.16. The summed E-state index contributed by atoms with van der Waals surface area (Å²) in [7, 11) is 0. The molecule has 0 saturated carbocycles. The molecule has 2 N–H and O–H groups in total. The highest BCUT2D eigenvalue weighted by Gasteiger charge is 2.15. The molecule has 0 amide bonds. The molecular weight excluding hydrogens is 248 g/mol. The largest absolute Gasteiger partial charge is 0.461 e. The first-order chi connectivity index (χ1) is 8.04. The molecule has 0 unspecified atom stereocenters. The predicted molar refractivity (Wildman–Crippen MR) is 57.9 cm³/mol. The maximum Gasteiger partial charge on any atom is 0.367 e. The van der Waals surface area contributed by atoms with E-state index in [1.54, 1.807) is 13.8 Å². The summed E-state index contributed by atoms with van der Waals surface area (Å²) in [5.74, 6) is -0.446. The molecule has 1 heterocycles. The molecule has 0 radical (unpaired) electrons. The molecule has 1 rings (SSSR count). The fourth-order valence-corrected chi connectivity index (χ4v) is 2.10. The first kappa shape index (κ1) is 14.0. The number of rotatable bonds is 6. The van der Waals surface area contributed by atoms with E-state index in [4.69, 9.17) is 15.2 Å². The monoisotopic (exact) mass is 262 g/mol. The average molecular weight is 262 g/mol. The number of nitrogens with zero attached hydrogens (tertiary/aromatic N) is 2. The van der Waals surface area contributed by atoms with Crippen LogP contribution in [0.3, 0.4) is 0 Å². The molecule has 0 aliphatic heterocycles. The number of hydrogen-bond donors (Lipinski definition) is 2. The van der Waals surface area contributed by atoms with Crippen LogP contribution in [0.1, 0.15) is 27.3 Å². The summed E-state index contributed by atoms with van der Waals surface area (Å²) in [6.07, 6.45) is 0.431. The van der Waals surface area contributed by atoms with Gasteiger partial charge in [-0.3, -0.25) is 15.3 Å². The zero-order valence-electron chi connectivity index (χ0n) is 9.54. The van der Waals surface area contributed by atoms with Gasteiger partial charge in [0.1, 0.15) is 0 Å². The van der Waals surface area contributed by atoms with Crippen LogP contribution in [0.2, 0.25) is 0 Å². The zero-order valence-corrected chi connectivity index (χ0v) is 10.4. The van der Waals surface area contributed by atoms with Crippen LogP contribution in [0.15, 0.2) is 0 Å². The van der Waals surface area contributed by atoms with Gasteiger partial charge in [0.2, 0.25) is 5.01 Å². The SMILES string of the molecule is CCOC(=O)c1nc(C)c(CCON(O)O)s1. The predicted octanol–water partition coefficient (Wildman–Crippen LogP) is 1.18. The molecule has 0 aliphatic rings. The molecular formula is C9H14N2O5S. The lowest BCUT2D eigenvalue weighted by molar-refractivity contribution is -0.492. The van der Waals surface area contributed by atoms with Gasteiger partial charge >= 0.3 is 5.97 Å². The summed E-state index contributed by atoms with van der Waals surface area (Å²) in [6, 6.07) is 0. The van der Waals surface area contributed by atoms with Crippen LogP contribution in [0, 0.1) is 6.92 Å². The van der Waals surface area contributed by atoms with Crippen LogP contribution in [-0.2, 0) is 16.0 Å². The van der Waals surface area contributed by atoms with Crippen molar-refractivity contribution in [1.29, 1.82) is 0 Å². The standard InChI is InChI=1S/C9H14N2O5S/c1-3-15-9(12)8-10-6(2)7(17-8)4-5-16-11(13)14/h13-14H,3-5H2,1-2H3. The van der Waals surface area contributed by atoms with Crippen LogP contribution in [0.25, 0.3) is 0 Å². The van der Waals surface area contributed by atoms with Crippen molar-refractivity contribution in [1.82, 2.24) is 10.4 Å². The minimum Gasteiger partial charge on any atom is -0.461 e. The smallest absolute Gasteiger partial charge is 0.367 e. The summed E-state index contributed by atoms with van der Waals surface area (Å²) in [4.78, 5) is 20.7. The van der Waals surface area contributed by atoms with E-state index in [2.05, 4.69) is 9.82 Å². The number of carbonyl (C=O) groups excluding carboxylic acids is 1. The maximum atomic E-state index is 11.4. The molecule has 0 aromatic carbocycles. The lowest BCUT2D eigenvalue weighted by atomic mass is 10.3. The first-order valence-corrected chi connectivity index (χ1v) is 5.80. The molecule has 0 saturated heterocycles. The molecule has 17 heavy (non-hydrogen) atoms. The Morgan fingerprint density at radius 2 is 2.24 bits per heavy atom. The highest BCUT2D eigenvalue weighted by molar-refractivity contribution is 7.13. The highest BCUT2D eigenvalue weighted by Crippen LogP contribution is 2.19. The molecule has 7 nitrogen and oxygen atoms in total. The molecule has 0 atom stereocenters. The maximum absolute atomic E-state index is 11.4. The van der Waals surface area contributed by atoms with Crippen LogP contribution in [-0.4, -0.2) is 40.0 Å². The van der Waals surface area contributed by atoms with Gasteiger partial charge in [-0.15, -0.1) is 11.3 Å². The van der Waals surface area contributed by atoms with Gasteiger partial charge in [0.05, 0.1) is 24.3 Å². The Kier molecular flexibility index (Phi) is 5.45. The molecule has 0 bridgehead atoms. The Bertz CT molecular complexity index is 379. The number of esters is 1. The molecule has 96 valence electrons. The van der Waals surface area contributed by atoms with Crippen LogP contribution < -0.4 is 0 Å². The van der Waals surface area contributed by atoms with Gasteiger partial charge in [0, 0.05) is 11.3 Å². The van der Waals surface area contributed by atoms with E-state index in [9.17, 15) is 4.79 Å². The van der Waals surface area contributed by atoms with Crippen molar-refractivity contribution >= 4 is 17.3 Å². The second-order valence-electron chi connectivity index (χ2n) is 3.08. The van der Waals surface area contributed by atoms with E-state index >= 15 is 0 Å². The van der Waals surface area contributed by atoms with E-state index in [1.807, 2.05) is 0 Å². The third kappa shape index (κ3) is 4.36. The van der Waals surface area contributed by atoms with E-state index in [-0.39, 0.29) is 12.0 Å². The molecule has 0 fully saturated rings. The first-order valence-electron chi connectivity index (χ1n) is 4.98. The van der Waals surface area contributed by atoms with Gasteiger partial charge in [-0.05, 0) is 13.8 Å². The quantitative estimate of drug-likeness (QED) is 0.587. The van der Waals surface area contributed by atoms with E-state index in [0.717, 1.165) is 4.88 Å². The Morgan fingerprint density at radius 1 is 1.53 bits per heavy atom. The molecule has 8 heteroatoms. The lowest BCUT2D eigenvalue weighted by Gasteiger charge is -2.04. The van der Waals surface area contributed by atoms with Crippen molar-refractivity contribution in [2.45, 2.75) is 20.3 Å². The van der Waals surface area contributed by atoms with Crippen LogP contribution in [0.4, 0.5) is 0 Å². The summed E-state index contributed by atoms with van der Waals surface area (Å²) >= 11 is 1.21. The number of carbonyl (C=O) groups is 1. The number of hydrogen-bond acceptors (Lipinski definition) is 8. The molecule has 0 aliphatic carbocycles. The topological polar surface area (TPSA) is 92.1 Å². The van der Waals surface area contributed by atoms with Crippen LogP contribution in [0.5, 0.6) is 0 Å². The number of thiazole rings is 1. The van der Waals surface area contributed by atoms with Crippen molar-refractivity contribution in [3.63, 3.8) is 0 Å². The zero-order chi connectivity index (χ0) is 12.8. The van der Waals surface area contributed by atoms with Crippen LogP contribution >= 0.6 is 11.3 Å². The van der Waals surface area contributed by atoms with E-state index < -0.39 is 5.97 Å². The van der Waals surface area contributed by atoms with Gasteiger partial charge in [-0.25, -0.2) is 9.78 Å². The summed E-state index contributed by atoms with van der Waals surface area (Å²) in [6.45, 7) is 3.88. The second kappa shape index (κ2) is 6.62. The molecule has 0 spiro atoms. The Morgan fingerprint density at radius 3 is 2.82 bits per heavy atom. The van der Waals surface area contributed by atoms with Crippen molar-refractivity contribution in [3.05, 3.63) is 15.6 Å². The normalized spacial score (nSPS) is 10.9. The Hall–Kier alpha value is -1.06. The van der Waals surface area contributed by atoms with Gasteiger partial charge in [-0.2, -0.15) is 0 Å². The minimum absolute atomic E-state index is 0.0816. The number of ether oxygens (including phenoxy) is 1. The Balaban J connectivity index is 2.59. The second-order valence-corrected chi connectivity index (χ2v) is 4.17. The minimum atomic E-state index is -0.446. The van der Waals surface area contributed by atoms with Crippen molar-refractivity contribution < 1.29 is 24.8 Å². The van der Waals surface area contributed by atoms with E-state index in [1.165, 1.54) is 11.3 Å². The highest BCUT2D eigenvalue weighted by atomic mass is 32.1. The van der Waals surface area contributed by atoms with Crippen molar-refractivity contribution in [2.24, 2.45) is 0 Å². The van der Waals surface area contributed by atoms with Crippen molar-refractivity contribution in [2.75, 3.05) is 13.2 Å². The van der Waals surface area contributed by atoms with Gasteiger partial charge in [0.25, 0.3) is 0 Å². The summed E-state index contributed by atoms with van der Waals surface area (Å²) < 4.78 is 4.83. The molecule has 1 aromatic rings. The third-order valence-electron chi connectivity index (χ3n) is 1.88. The number of aryl methyl sites for hydroxylation is 1. The third-order valence-corrected chi connectivity index (χ3v) is 3.08. The lowest BCUT2D eigenvalue weighted by Crippen LogP contribution is -2.16. The van der Waals surface area contributed by atoms with Gasteiger partial charge < -0.3 is 4.74 Å². The Labute approximate surface area is 102 Å². The number of aromatic nitrogens is 1. The van der Waals surface area contributed by atoms with Gasteiger partial charge in [0.15, 0.2) is 0 Å².